The summed E-state index contributed by atoms with van der Waals surface area (Å²) in [7, 11) is 0. The fraction of sp³-hybridized carbons (Fsp3) is 0.467. The van der Waals surface area contributed by atoms with Crippen molar-refractivity contribution in [3.63, 3.8) is 0 Å². The molecule has 2 amide bonds. The standard InChI is InChI=1S/C15H18Cl2N2O4/c16-11-1-2-13(17)12(5-11)15(22)18-6-14(21)19-3-4-23-9-10(7-19)8-20/h1-2,5,10,20H,3-4,6-9H2,(H,18,22)/t10-/m0/s1. The first-order valence-corrected chi connectivity index (χ1v) is 7.96. The number of halogens is 2. The van der Waals surface area contributed by atoms with Crippen LogP contribution in [0.1, 0.15) is 10.4 Å². The van der Waals surface area contributed by atoms with Crippen molar-refractivity contribution in [2.45, 2.75) is 0 Å². The second-order valence-corrected chi connectivity index (χ2v) is 6.11. The number of nitrogens with zero attached hydrogens (tertiary/aromatic N) is 1. The molecule has 0 bridgehead atoms. The summed E-state index contributed by atoms with van der Waals surface area (Å²) in [6.07, 6.45) is 0. The van der Waals surface area contributed by atoms with Crippen LogP contribution in [0, 0.1) is 5.92 Å². The molecule has 1 aliphatic heterocycles. The maximum absolute atomic E-state index is 12.2. The Hall–Kier alpha value is -1.34. The van der Waals surface area contributed by atoms with Gasteiger partial charge in [0.05, 0.1) is 30.3 Å². The number of hydrogen-bond donors (Lipinski definition) is 2. The molecule has 0 aromatic heterocycles. The quantitative estimate of drug-likeness (QED) is 0.845. The number of ether oxygens (including phenoxy) is 1. The molecule has 1 saturated heterocycles. The topological polar surface area (TPSA) is 78.9 Å². The van der Waals surface area contributed by atoms with Crippen molar-refractivity contribution in [2.24, 2.45) is 5.92 Å². The zero-order chi connectivity index (χ0) is 16.8. The molecule has 126 valence electrons. The fourth-order valence-corrected chi connectivity index (χ4v) is 2.63. The maximum atomic E-state index is 12.2. The molecule has 0 unspecified atom stereocenters. The number of benzene rings is 1. The van der Waals surface area contributed by atoms with Crippen molar-refractivity contribution >= 4 is 35.0 Å². The number of aliphatic hydroxyl groups excluding tert-OH is 1. The summed E-state index contributed by atoms with van der Waals surface area (Å²) in [5.74, 6) is -0.810. The van der Waals surface area contributed by atoms with E-state index in [0.717, 1.165) is 0 Å². The smallest absolute Gasteiger partial charge is 0.253 e. The van der Waals surface area contributed by atoms with Gasteiger partial charge in [0.1, 0.15) is 0 Å². The maximum Gasteiger partial charge on any atom is 0.253 e. The summed E-state index contributed by atoms with van der Waals surface area (Å²) in [5, 5.41) is 12.4. The zero-order valence-corrected chi connectivity index (χ0v) is 13.9. The number of carbonyl (C=O) groups is 2. The Balaban J connectivity index is 1.92. The molecular formula is C15H18Cl2N2O4. The lowest BCUT2D eigenvalue weighted by Gasteiger charge is -2.22. The van der Waals surface area contributed by atoms with Gasteiger partial charge < -0.3 is 20.1 Å². The van der Waals surface area contributed by atoms with Crippen molar-refractivity contribution in [1.82, 2.24) is 10.2 Å². The molecule has 6 nitrogen and oxygen atoms in total. The van der Waals surface area contributed by atoms with E-state index in [9.17, 15) is 14.7 Å². The Kier molecular flexibility index (Phi) is 6.65. The molecule has 2 N–H and O–H groups in total. The summed E-state index contributed by atoms with van der Waals surface area (Å²) in [6, 6.07) is 4.56. The predicted molar refractivity (Wildman–Crippen MR) is 86.8 cm³/mol. The van der Waals surface area contributed by atoms with E-state index in [1.807, 2.05) is 0 Å². The highest BCUT2D eigenvalue weighted by molar-refractivity contribution is 6.35. The van der Waals surface area contributed by atoms with Crippen molar-refractivity contribution in [1.29, 1.82) is 0 Å². The van der Waals surface area contributed by atoms with Crippen molar-refractivity contribution in [2.75, 3.05) is 39.5 Å². The highest BCUT2D eigenvalue weighted by atomic mass is 35.5. The summed E-state index contributed by atoms with van der Waals surface area (Å²) in [6.45, 7) is 1.47. The molecule has 0 radical (unpaired) electrons. The number of amides is 2. The lowest BCUT2D eigenvalue weighted by atomic mass is 10.1. The van der Waals surface area contributed by atoms with Crippen molar-refractivity contribution in [3.05, 3.63) is 33.8 Å². The first-order chi connectivity index (χ1) is 11.0. The van der Waals surface area contributed by atoms with Crippen LogP contribution in [0.15, 0.2) is 18.2 Å². The SMILES string of the molecule is O=C(NCC(=O)N1CCOC[C@H](CO)C1)c1cc(Cl)ccc1Cl. The Morgan fingerprint density at radius 2 is 2.17 bits per heavy atom. The zero-order valence-electron chi connectivity index (χ0n) is 12.4. The van der Waals surface area contributed by atoms with Gasteiger partial charge in [0, 0.05) is 30.6 Å². The van der Waals surface area contributed by atoms with Crippen LogP contribution in [0.2, 0.25) is 10.0 Å². The third-order valence-corrected chi connectivity index (χ3v) is 4.09. The fourth-order valence-electron chi connectivity index (χ4n) is 2.25. The minimum Gasteiger partial charge on any atom is -0.396 e. The van der Waals surface area contributed by atoms with Crippen LogP contribution in [-0.2, 0) is 9.53 Å². The summed E-state index contributed by atoms with van der Waals surface area (Å²) < 4.78 is 5.33. The molecule has 1 fully saturated rings. The highest BCUT2D eigenvalue weighted by Crippen LogP contribution is 2.20. The van der Waals surface area contributed by atoms with E-state index in [-0.39, 0.29) is 35.6 Å². The molecule has 1 aliphatic rings. The van der Waals surface area contributed by atoms with Crippen LogP contribution < -0.4 is 5.32 Å². The third kappa shape index (κ3) is 5.07. The number of rotatable bonds is 4. The molecule has 2 rings (SSSR count). The predicted octanol–water partition coefficient (Wildman–Crippen LogP) is 1.19. The summed E-state index contributed by atoms with van der Waals surface area (Å²) in [5.41, 5.74) is 0.222. The molecule has 0 aliphatic carbocycles. The van der Waals surface area contributed by atoms with Crippen LogP contribution in [-0.4, -0.2) is 61.3 Å². The van der Waals surface area contributed by atoms with Gasteiger partial charge in [-0.3, -0.25) is 9.59 Å². The third-order valence-electron chi connectivity index (χ3n) is 3.52. The first-order valence-electron chi connectivity index (χ1n) is 7.21. The van der Waals surface area contributed by atoms with Gasteiger partial charge >= 0.3 is 0 Å². The molecule has 1 heterocycles. The second kappa shape index (κ2) is 8.49. The monoisotopic (exact) mass is 360 g/mol. The normalized spacial score (nSPS) is 18.4. The minimum absolute atomic E-state index is 0.0474. The Morgan fingerprint density at radius 3 is 2.91 bits per heavy atom. The van der Waals surface area contributed by atoms with Gasteiger partial charge in [0.2, 0.25) is 5.91 Å². The van der Waals surface area contributed by atoms with Gasteiger partial charge in [-0.1, -0.05) is 23.2 Å². The molecule has 23 heavy (non-hydrogen) atoms. The number of nitrogens with one attached hydrogen (secondary N) is 1. The van der Waals surface area contributed by atoms with E-state index in [4.69, 9.17) is 27.9 Å². The molecule has 1 atom stereocenters. The van der Waals surface area contributed by atoms with Crippen LogP contribution in [0.3, 0.4) is 0 Å². The van der Waals surface area contributed by atoms with Gasteiger partial charge in [-0.15, -0.1) is 0 Å². The van der Waals surface area contributed by atoms with E-state index in [0.29, 0.717) is 31.3 Å². The lowest BCUT2D eigenvalue weighted by molar-refractivity contribution is -0.130. The van der Waals surface area contributed by atoms with Gasteiger partial charge in [0.25, 0.3) is 5.91 Å². The van der Waals surface area contributed by atoms with E-state index < -0.39 is 5.91 Å². The number of aliphatic hydroxyl groups is 1. The highest BCUT2D eigenvalue weighted by Gasteiger charge is 2.22. The molecule has 1 aromatic carbocycles. The molecule has 0 saturated carbocycles. The first kappa shape index (κ1) is 18.0. The van der Waals surface area contributed by atoms with E-state index in [2.05, 4.69) is 5.32 Å². The Morgan fingerprint density at radius 1 is 1.39 bits per heavy atom. The van der Waals surface area contributed by atoms with Crippen LogP contribution in [0.4, 0.5) is 0 Å². The summed E-state index contributed by atoms with van der Waals surface area (Å²) in [4.78, 5) is 25.9. The average Bonchev–Trinajstić information content (AvgIpc) is 2.80. The number of hydrogen-bond acceptors (Lipinski definition) is 4. The summed E-state index contributed by atoms with van der Waals surface area (Å²) >= 11 is 11.8. The van der Waals surface area contributed by atoms with Gasteiger partial charge in [-0.25, -0.2) is 0 Å². The van der Waals surface area contributed by atoms with Crippen LogP contribution in [0.5, 0.6) is 0 Å². The van der Waals surface area contributed by atoms with Gasteiger partial charge in [-0.2, -0.15) is 0 Å². The molecule has 8 heteroatoms. The second-order valence-electron chi connectivity index (χ2n) is 5.27. The molecule has 0 spiro atoms. The van der Waals surface area contributed by atoms with Crippen molar-refractivity contribution in [3.8, 4) is 0 Å². The van der Waals surface area contributed by atoms with Crippen molar-refractivity contribution < 1.29 is 19.4 Å². The minimum atomic E-state index is -0.462. The number of carbonyl (C=O) groups excluding carboxylic acids is 2. The van der Waals surface area contributed by atoms with Crippen LogP contribution >= 0.6 is 23.2 Å². The van der Waals surface area contributed by atoms with E-state index >= 15 is 0 Å². The Labute approximate surface area is 144 Å². The van der Waals surface area contributed by atoms with Gasteiger partial charge in [-0.05, 0) is 18.2 Å². The molecule has 1 aromatic rings. The largest absolute Gasteiger partial charge is 0.396 e. The van der Waals surface area contributed by atoms with Gasteiger partial charge in [0.15, 0.2) is 0 Å². The van der Waals surface area contributed by atoms with E-state index in [1.54, 1.807) is 11.0 Å². The molecular weight excluding hydrogens is 343 g/mol. The van der Waals surface area contributed by atoms with Crippen LogP contribution in [0.25, 0.3) is 0 Å². The van der Waals surface area contributed by atoms with E-state index in [1.165, 1.54) is 12.1 Å². The lowest BCUT2D eigenvalue weighted by Crippen LogP contribution is -2.43. The Bertz CT molecular complexity index is 583. The average molecular weight is 361 g/mol.